The minimum absolute atomic E-state index is 0.114. The molecule has 0 spiro atoms. The van der Waals surface area contributed by atoms with Crippen LogP contribution in [0.2, 0.25) is 0 Å². The molecule has 0 saturated heterocycles. The van der Waals surface area contributed by atoms with Gasteiger partial charge in [-0.05, 0) is 36.2 Å². The number of para-hydroxylation sites is 1. The summed E-state index contributed by atoms with van der Waals surface area (Å²) in [6.07, 6.45) is 0.753. The van der Waals surface area contributed by atoms with Crippen molar-refractivity contribution in [2.24, 2.45) is 0 Å². The molecule has 0 atom stereocenters. The van der Waals surface area contributed by atoms with Gasteiger partial charge in [-0.2, -0.15) is 0 Å². The molecule has 0 bridgehead atoms. The highest BCUT2D eigenvalue weighted by Gasteiger charge is 2.14. The second kappa shape index (κ2) is 7.17. The average molecular weight is 345 g/mol. The molecule has 0 saturated carbocycles. The van der Waals surface area contributed by atoms with Crippen LogP contribution in [0.5, 0.6) is 0 Å². The molecule has 0 aliphatic rings. The number of rotatable bonds is 7. The van der Waals surface area contributed by atoms with Gasteiger partial charge in [0.2, 0.25) is 10.0 Å². The van der Waals surface area contributed by atoms with E-state index in [-0.39, 0.29) is 11.4 Å². The fourth-order valence-corrected chi connectivity index (χ4v) is 3.42. The molecule has 126 valence electrons. The van der Waals surface area contributed by atoms with Crippen LogP contribution in [0.1, 0.15) is 11.3 Å². The van der Waals surface area contributed by atoms with Crippen LogP contribution in [0, 0.1) is 0 Å². The third-order valence-corrected chi connectivity index (χ3v) is 5.16. The lowest BCUT2D eigenvalue weighted by Gasteiger charge is -2.06. The van der Waals surface area contributed by atoms with Crippen molar-refractivity contribution in [3.63, 3.8) is 0 Å². The molecule has 0 amide bonds. The molecule has 3 rings (SSSR count). The maximum absolute atomic E-state index is 12.4. The summed E-state index contributed by atoms with van der Waals surface area (Å²) in [6.45, 7) is 0.721. The van der Waals surface area contributed by atoms with Gasteiger partial charge in [0.05, 0.1) is 18.0 Å². The number of nitrogens with one attached hydrogen (secondary N) is 1. The molecular weight excluding hydrogens is 326 g/mol. The van der Waals surface area contributed by atoms with Gasteiger partial charge in [-0.15, -0.1) is 0 Å². The van der Waals surface area contributed by atoms with Crippen LogP contribution >= 0.6 is 0 Å². The molecule has 0 fully saturated rings. The van der Waals surface area contributed by atoms with Gasteiger partial charge in [-0.25, -0.2) is 13.1 Å². The van der Waals surface area contributed by atoms with E-state index in [1.807, 2.05) is 30.3 Å². The molecule has 1 heterocycles. The van der Waals surface area contributed by atoms with Crippen LogP contribution in [0.25, 0.3) is 11.0 Å². The molecule has 6 heteroatoms. The Kier molecular flexibility index (Phi) is 4.99. The van der Waals surface area contributed by atoms with Gasteiger partial charge < -0.3 is 9.15 Å². The number of benzene rings is 2. The van der Waals surface area contributed by atoms with E-state index in [9.17, 15) is 8.42 Å². The summed E-state index contributed by atoms with van der Waals surface area (Å²) in [4.78, 5) is 0.236. The van der Waals surface area contributed by atoms with E-state index >= 15 is 0 Å². The standard InChI is InChI=1S/C18H19NO4S/c1-22-11-10-14-6-8-17(9-7-14)24(20,21)19-13-16-12-15-4-2-3-5-18(15)23-16/h2-9,12,19H,10-11,13H2,1H3. The van der Waals surface area contributed by atoms with Crippen molar-refractivity contribution in [1.82, 2.24) is 4.72 Å². The van der Waals surface area contributed by atoms with Gasteiger partial charge in [0.25, 0.3) is 0 Å². The lowest BCUT2D eigenvalue weighted by atomic mass is 10.2. The summed E-state index contributed by atoms with van der Waals surface area (Å²) in [7, 11) is -1.93. The predicted octanol–water partition coefficient (Wildman–Crippen LogP) is 3.10. The fraction of sp³-hybridized carbons (Fsp3) is 0.222. The number of sulfonamides is 1. The van der Waals surface area contributed by atoms with Gasteiger partial charge in [0.1, 0.15) is 11.3 Å². The van der Waals surface area contributed by atoms with Crippen molar-refractivity contribution in [2.75, 3.05) is 13.7 Å². The van der Waals surface area contributed by atoms with Crippen molar-refractivity contribution >= 4 is 21.0 Å². The van der Waals surface area contributed by atoms with Gasteiger partial charge >= 0.3 is 0 Å². The Morgan fingerprint density at radius 2 is 1.83 bits per heavy atom. The normalized spacial score (nSPS) is 11.9. The fourth-order valence-electron chi connectivity index (χ4n) is 2.43. The zero-order chi connectivity index (χ0) is 17.0. The number of furan rings is 1. The number of hydrogen-bond acceptors (Lipinski definition) is 4. The lowest BCUT2D eigenvalue weighted by Crippen LogP contribution is -2.23. The van der Waals surface area contributed by atoms with E-state index in [4.69, 9.17) is 9.15 Å². The SMILES string of the molecule is COCCc1ccc(S(=O)(=O)NCc2cc3ccccc3o2)cc1. The van der Waals surface area contributed by atoms with E-state index in [1.54, 1.807) is 31.4 Å². The second-order valence-corrected chi connectivity index (χ2v) is 7.23. The van der Waals surface area contributed by atoms with Crippen molar-refractivity contribution < 1.29 is 17.6 Å². The Bertz CT molecular complexity index is 881. The second-order valence-electron chi connectivity index (χ2n) is 5.46. The Balaban J connectivity index is 1.69. The van der Waals surface area contributed by atoms with Gasteiger partial charge in [0.15, 0.2) is 0 Å². The maximum atomic E-state index is 12.4. The van der Waals surface area contributed by atoms with Crippen molar-refractivity contribution in [3.8, 4) is 0 Å². The van der Waals surface area contributed by atoms with Gasteiger partial charge in [-0.1, -0.05) is 30.3 Å². The largest absolute Gasteiger partial charge is 0.460 e. The van der Waals surface area contributed by atoms with Crippen LogP contribution in [0.3, 0.4) is 0 Å². The first-order chi connectivity index (χ1) is 11.6. The third-order valence-electron chi connectivity index (χ3n) is 3.74. The molecule has 1 aromatic heterocycles. The monoisotopic (exact) mass is 345 g/mol. The minimum atomic E-state index is -3.57. The smallest absolute Gasteiger partial charge is 0.240 e. The van der Waals surface area contributed by atoms with E-state index in [2.05, 4.69) is 4.72 Å². The highest BCUT2D eigenvalue weighted by molar-refractivity contribution is 7.89. The van der Waals surface area contributed by atoms with Crippen molar-refractivity contribution in [2.45, 2.75) is 17.9 Å². The topological polar surface area (TPSA) is 68.5 Å². The number of fused-ring (bicyclic) bond motifs is 1. The summed E-state index contributed by atoms with van der Waals surface area (Å²) in [5, 5.41) is 0.953. The van der Waals surface area contributed by atoms with Crippen LogP contribution in [-0.2, 0) is 27.7 Å². The molecule has 3 aromatic rings. The summed E-state index contributed by atoms with van der Waals surface area (Å²) in [6, 6.07) is 16.2. The Hall–Kier alpha value is -2.15. The Morgan fingerprint density at radius 1 is 1.08 bits per heavy atom. The van der Waals surface area contributed by atoms with E-state index in [0.717, 1.165) is 23.0 Å². The highest BCUT2D eigenvalue weighted by atomic mass is 32.2. The van der Waals surface area contributed by atoms with E-state index < -0.39 is 10.0 Å². The molecule has 1 N–H and O–H groups in total. The molecule has 0 aliphatic heterocycles. The molecule has 5 nitrogen and oxygen atoms in total. The predicted molar refractivity (Wildman–Crippen MR) is 92.3 cm³/mol. The number of methoxy groups -OCH3 is 1. The van der Waals surface area contributed by atoms with E-state index in [1.165, 1.54) is 0 Å². The van der Waals surface area contributed by atoms with Crippen molar-refractivity contribution in [1.29, 1.82) is 0 Å². The molecule has 0 unspecified atom stereocenters. The zero-order valence-electron chi connectivity index (χ0n) is 13.4. The summed E-state index contributed by atoms with van der Waals surface area (Å²) < 4.78 is 37.9. The number of ether oxygens (including phenoxy) is 1. The molecule has 24 heavy (non-hydrogen) atoms. The van der Waals surface area contributed by atoms with Gasteiger partial charge in [-0.3, -0.25) is 0 Å². The molecule has 2 aromatic carbocycles. The highest BCUT2D eigenvalue weighted by Crippen LogP contribution is 2.19. The summed E-state index contributed by atoms with van der Waals surface area (Å²) in [5.41, 5.74) is 1.78. The van der Waals surface area contributed by atoms with Crippen LogP contribution in [-0.4, -0.2) is 22.1 Å². The molecule has 0 radical (unpaired) electrons. The van der Waals surface area contributed by atoms with E-state index in [0.29, 0.717) is 12.4 Å². The van der Waals surface area contributed by atoms with Crippen LogP contribution < -0.4 is 4.72 Å². The first kappa shape index (κ1) is 16.7. The van der Waals surface area contributed by atoms with Crippen molar-refractivity contribution in [3.05, 3.63) is 65.9 Å². The Morgan fingerprint density at radius 3 is 2.54 bits per heavy atom. The number of hydrogen-bond donors (Lipinski definition) is 1. The summed E-state index contributed by atoms with van der Waals surface area (Å²) in [5.74, 6) is 0.580. The lowest BCUT2D eigenvalue weighted by molar-refractivity contribution is 0.202. The Labute approximate surface area is 141 Å². The van der Waals surface area contributed by atoms with Crippen LogP contribution in [0.15, 0.2) is 63.9 Å². The third kappa shape index (κ3) is 3.84. The quantitative estimate of drug-likeness (QED) is 0.714. The summed E-state index contributed by atoms with van der Waals surface area (Å²) >= 11 is 0. The molecule has 0 aliphatic carbocycles. The average Bonchev–Trinajstić information content (AvgIpc) is 3.02. The maximum Gasteiger partial charge on any atom is 0.240 e. The molecular formula is C18H19NO4S. The first-order valence-corrected chi connectivity index (χ1v) is 9.12. The first-order valence-electron chi connectivity index (χ1n) is 7.63. The van der Waals surface area contributed by atoms with Crippen LogP contribution in [0.4, 0.5) is 0 Å². The minimum Gasteiger partial charge on any atom is -0.460 e. The van der Waals surface area contributed by atoms with Gasteiger partial charge in [0, 0.05) is 12.5 Å². The zero-order valence-corrected chi connectivity index (χ0v) is 14.2.